The third-order valence-corrected chi connectivity index (χ3v) is 4.84. The summed E-state index contributed by atoms with van der Waals surface area (Å²) in [7, 11) is 0. The monoisotopic (exact) mass is 362 g/mol. The van der Waals surface area contributed by atoms with Gasteiger partial charge in [-0.25, -0.2) is 4.68 Å². The molecule has 0 bridgehead atoms. The van der Waals surface area contributed by atoms with E-state index in [2.05, 4.69) is 46.8 Å². The highest BCUT2D eigenvalue weighted by Crippen LogP contribution is 2.27. The maximum atomic E-state index is 12.5. The fraction of sp³-hybridized carbons (Fsp3) is 0.286. The first-order valence-electron chi connectivity index (χ1n) is 9.04. The van der Waals surface area contributed by atoms with Gasteiger partial charge in [-0.05, 0) is 25.0 Å². The Hall–Kier alpha value is -2.99. The molecule has 0 radical (unpaired) electrons. The maximum Gasteiger partial charge on any atom is 0.274 e. The van der Waals surface area contributed by atoms with Gasteiger partial charge in [0.1, 0.15) is 6.10 Å². The van der Waals surface area contributed by atoms with Gasteiger partial charge in [0, 0.05) is 6.54 Å². The average molecular weight is 362 g/mol. The Labute approximate surface area is 158 Å². The van der Waals surface area contributed by atoms with Gasteiger partial charge in [0.05, 0.1) is 18.8 Å². The lowest BCUT2D eigenvalue weighted by Gasteiger charge is -2.24. The molecule has 2 aromatic carbocycles. The summed E-state index contributed by atoms with van der Waals surface area (Å²) < 4.78 is 7.75. The van der Waals surface area contributed by atoms with Crippen molar-refractivity contribution in [2.24, 2.45) is 0 Å². The molecule has 2 heterocycles. The molecule has 3 aromatic rings. The van der Waals surface area contributed by atoms with E-state index in [1.165, 1.54) is 11.1 Å². The Morgan fingerprint density at radius 3 is 2.48 bits per heavy atom. The second-order valence-corrected chi connectivity index (χ2v) is 6.95. The van der Waals surface area contributed by atoms with Crippen LogP contribution >= 0.6 is 0 Å². The standard InChI is InChI=1S/C21H22N4O2/c1-14-3-7-16(8-4-14)11-22-21(26)20-18-13-27-19(12-25(18)24-23-20)17-9-5-15(2)6-10-17/h3-10,19H,11-13H2,1-2H3,(H,22,26). The van der Waals surface area contributed by atoms with E-state index in [0.29, 0.717) is 25.4 Å². The zero-order chi connectivity index (χ0) is 18.8. The first kappa shape index (κ1) is 17.4. The van der Waals surface area contributed by atoms with Crippen molar-refractivity contribution in [2.45, 2.75) is 39.6 Å². The zero-order valence-corrected chi connectivity index (χ0v) is 15.5. The second-order valence-electron chi connectivity index (χ2n) is 6.95. The van der Waals surface area contributed by atoms with E-state index >= 15 is 0 Å². The summed E-state index contributed by atoms with van der Waals surface area (Å²) in [5, 5.41) is 11.2. The van der Waals surface area contributed by atoms with E-state index in [4.69, 9.17) is 4.74 Å². The molecule has 6 nitrogen and oxygen atoms in total. The minimum absolute atomic E-state index is 0.0803. The summed E-state index contributed by atoms with van der Waals surface area (Å²) in [6.07, 6.45) is -0.0803. The lowest BCUT2D eigenvalue weighted by atomic mass is 10.1. The molecule has 1 amide bonds. The number of hydrogen-bond donors (Lipinski definition) is 1. The summed E-state index contributed by atoms with van der Waals surface area (Å²) in [6.45, 7) is 5.42. The van der Waals surface area contributed by atoms with Gasteiger partial charge in [0.15, 0.2) is 5.69 Å². The fourth-order valence-corrected chi connectivity index (χ4v) is 3.14. The van der Waals surface area contributed by atoms with Crippen LogP contribution < -0.4 is 5.32 Å². The van der Waals surface area contributed by atoms with E-state index in [0.717, 1.165) is 16.8 Å². The van der Waals surface area contributed by atoms with Crippen molar-refractivity contribution in [1.29, 1.82) is 0 Å². The number of carbonyl (C=O) groups is 1. The van der Waals surface area contributed by atoms with Crippen molar-refractivity contribution in [1.82, 2.24) is 20.3 Å². The Kier molecular flexibility index (Phi) is 4.73. The summed E-state index contributed by atoms with van der Waals surface area (Å²) in [5.41, 5.74) is 5.61. The summed E-state index contributed by atoms with van der Waals surface area (Å²) >= 11 is 0. The minimum atomic E-state index is -0.228. The third kappa shape index (κ3) is 3.75. The molecule has 1 N–H and O–H groups in total. The van der Waals surface area contributed by atoms with E-state index < -0.39 is 0 Å². The van der Waals surface area contributed by atoms with Crippen molar-refractivity contribution in [2.75, 3.05) is 0 Å². The van der Waals surface area contributed by atoms with Gasteiger partial charge in [-0.1, -0.05) is 64.9 Å². The molecular formula is C21H22N4O2. The van der Waals surface area contributed by atoms with Crippen LogP contribution in [-0.2, 0) is 24.4 Å². The Morgan fingerprint density at radius 1 is 1.11 bits per heavy atom. The van der Waals surface area contributed by atoms with Crippen molar-refractivity contribution < 1.29 is 9.53 Å². The van der Waals surface area contributed by atoms with E-state index in [9.17, 15) is 4.79 Å². The lowest BCUT2D eigenvalue weighted by molar-refractivity contribution is -0.00177. The molecule has 0 saturated heterocycles. The molecule has 1 aromatic heterocycles. The summed E-state index contributed by atoms with van der Waals surface area (Å²) in [5.74, 6) is -0.228. The number of rotatable bonds is 4. The molecule has 4 rings (SSSR count). The predicted octanol–water partition coefficient (Wildman–Crippen LogP) is 3.10. The van der Waals surface area contributed by atoms with Crippen molar-refractivity contribution in [3.63, 3.8) is 0 Å². The third-order valence-electron chi connectivity index (χ3n) is 4.84. The SMILES string of the molecule is Cc1ccc(CNC(=O)c2nnn3c2COC(c2ccc(C)cc2)C3)cc1. The van der Waals surface area contributed by atoms with Crippen LogP contribution in [0.1, 0.15) is 44.5 Å². The number of nitrogens with zero attached hydrogens (tertiary/aromatic N) is 3. The molecule has 0 saturated carbocycles. The first-order chi connectivity index (χ1) is 13.1. The molecular weight excluding hydrogens is 340 g/mol. The van der Waals surface area contributed by atoms with Crippen molar-refractivity contribution in [3.8, 4) is 0 Å². The lowest BCUT2D eigenvalue weighted by Crippen LogP contribution is -2.27. The number of fused-ring (bicyclic) bond motifs is 1. The Bertz CT molecular complexity index is 945. The van der Waals surface area contributed by atoms with Gasteiger partial charge < -0.3 is 10.1 Å². The number of benzene rings is 2. The smallest absolute Gasteiger partial charge is 0.274 e. The van der Waals surface area contributed by atoms with Crippen molar-refractivity contribution in [3.05, 3.63) is 82.2 Å². The molecule has 1 aliphatic rings. The quantitative estimate of drug-likeness (QED) is 0.774. The average Bonchev–Trinajstić information content (AvgIpc) is 3.11. The van der Waals surface area contributed by atoms with E-state index in [1.807, 2.05) is 31.2 Å². The Morgan fingerprint density at radius 2 is 1.78 bits per heavy atom. The van der Waals surface area contributed by atoms with Crippen molar-refractivity contribution >= 4 is 5.91 Å². The van der Waals surface area contributed by atoms with Crippen LogP contribution in [0.2, 0.25) is 0 Å². The first-order valence-corrected chi connectivity index (χ1v) is 9.04. The summed E-state index contributed by atoms with van der Waals surface area (Å²) in [6, 6.07) is 16.3. The molecule has 27 heavy (non-hydrogen) atoms. The molecule has 1 atom stereocenters. The predicted molar refractivity (Wildman–Crippen MR) is 101 cm³/mol. The van der Waals surface area contributed by atoms with Gasteiger partial charge >= 0.3 is 0 Å². The van der Waals surface area contributed by atoms with Gasteiger partial charge in [0.25, 0.3) is 5.91 Å². The van der Waals surface area contributed by atoms with Gasteiger partial charge in [-0.2, -0.15) is 0 Å². The molecule has 0 aliphatic carbocycles. The number of nitrogens with one attached hydrogen (secondary N) is 1. The molecule has 0 fully saturated rings. The number of aromatic nitrogens is 3. The van der Waals surface area contributed by atoms with E-state index in [-0.39, 0.29) is 12.0 Å². The van der Waals surface area contributed by atoms with Crippen LogP contribution in [0.15, 0.2) is 48.5 Å². The van der Waals surface area contributed by atoms with Crippen LogP contribution in [0.4, 0.5) is 0 Å². The molecule has 138 valence electrons. The topological polar surface area (TPSA) is 69.0 Å². The molecule has 1 unspecified atom stereocenters. The normalized spacial score (nSPS) is 16.0. The highest BCUT2D eigenvalue weighted by atomic mass is 16.5. The largest absolute Gasteiger partial charge is 0.365 e. The van der Waals surface area contributed by atoms with Crippen LogP contribution in [0.5, 0.6) is 0 Å². The number of hydrogen-bond acceptors (Lipinski definition) is 4. The van der Waals surface area contributed by atoms with Gasteiger partial charge in [-0.15, -0.1) is 5.10 Å². The van der Waals surface area contributed by atoms with Crippen LogP contribution in [0.25, 0.3) is 0 Å². The van der Waals surface area contributed by atoms with Crippen LogP contribution in [0, 0.1) is 13.8 Å². The second kappa shape index (κ2) is 7.32. The summed E-state index contributed by atoms with van der Waals surface area (Å²) in [4.78, 5) is 12.5. The van der Waals surface area contributed by atoms with Gasteiger partial charge in [-0.3, -0.25) is 4.79 Å². The molecule has 6 heteroatoms. The number of amides is 1. The maximum absolute atomic E-state index is 12.5. The Balaban J connectivity index is 1.43. The van der Waals surface area contributed by atoms with Crippen LogP contribution in [-0.4, -0.2) is 20.9 Å². The number of ether oxygens (including phenoxy) is 1. The fourth-order valence-electron chi connectivity index (χ4n) is 3.14. The molecule has 1 aliphatic heterocycles. The van der Waals surface area contributed by atoms with Gasteiger partial charge in [0.2, 0.25) is 0 Å². The highest BCUT2D eigenvalue weighted by molar-refractivity contribution is 5.93. The molecule has 0 spiro atoms. The number of carbonyl (C=O) groups excluding carboxylic acids is 1. The number of aryl methyl sites for hydroxylation is 2. The van der Waals surface area contributed by atoms with Crippen LogP contribution in [0.3, 0.4) is 0 Å². The highest BCUT2D eigenvalue weighted by Gasteiger charge is 2.27. The minimum Gasteiger partial charge on any atom is -0.365 e. The van der Waals surface area contributed by atoms with E-state index in [1.54, 1.807) is 4.68 Å². The zero-order valence-electron chi connectivity index (χ0n) is 15.5.